The van der Waals surface area contributed by atoms with Gasteiger partial charge in [-0.05, 0) is 50.2 Å². The van der Waals surface area contributed by atoms with Gasteiger partial charge in [-0.2, -0.15) is 5.10 Å². The van der Waals surface area contributed by atoms with Crippen LogP contribution < -0.4 is 10.1 Å². The molecule has 150 valence electrons. The predicted molar refractivity (Wildman–Crippen MR) is 110 cm³/mol. The Kier molecular flexibility index (Phi) is 6.19. The average Bonchev–Trinajstić information content (AvgIpc) is 3.03. The van der Waals surface area contributed by atoms with Crippen molar-refractivity contribution in [2.24, 2.45) is 0 Å². The highest BCUT2D eigenvalue weighted by Crippen LogP contribution is 2.25. The number of halogens is 1. The van der Waals surface area contributed by atoms with Crippen molar-refractivity contribution in [1.82, 2.24) is 9.78 Å². The van der Waals surface area contributed by atoms with Crippen LogP contribution in [0.4, 0.5) is 5.69 Å². The summed E-state index contributed by atoms with van der Waals surface area (Å²) in [6, 6.07) is 16.0. The molecule has 0 fully saturated rings. The summed E-state index contributed by atoms with van der Waals surface area (Å²) in [5.74, 6) is -0.511. The van der Waals surface area contributed by atoms with Crippen LogP contribution in [0.5, 0.6) is 5.75 Å². The molecule has 0 saturated heterocycles. The van der Waals surface area contributed by atoms with Crippen molar-refractivity contribution in [2.45, 2.75) is 20.0 Å². The Hall–Kier alpha value is -3.32. The zero-order valence-electron chi connectivity index (χ0n) is 16.2. The second kappa shape index (κ2) is 8.79. The van der Waals surface area contributed by atoms with Gasteiger partial charge in [0, 0.05) is 5.69 Å². The Morgan fingerprint density at radius 3 is 2.38 bits per heavy atom. The summed E-state index contributed by atoms with van der Waals surface area (Å²) < 4.78 is 11.8. The van der Waals surface area contributed by atoms with Crippen LogP contribution in [0.15, 0.2) is 54.6 Å². The highest BCUT2D eigenvalue weighted by Gasteiger charge is 2.26. The van der Waals surface area contributed by atoms with Gasteiger partial charge in [0.05, 0.1) is 18.5 Å². The largest absolute Gasteiger partial charge is 0.497 e. The molecule has 0 unspecified atom stereocenters. The molecule has 1 heterocycles. The van der Waals surface area contributed by atoms with E-state index in [1.165, 1.54) is 11.6 Å². The molecule has 3 aromatic rings. The van der Waals surface area contributed by atoms with Crippen molar-refractivity contribution < 1.29 is 19.1 Å². The van der Waals surface area contributed by atoms with E-state index in [-0.39, 0.29) is 10.7 Å². The first-order valence-electron chi connectivity index (χ1n) is 8.87. The first-order chi connectivity index (χ1) is 13.9. The first kappa shape index (κ1) is 20.4. The number of hydrogen-bond acceptors (Lipinski definition) is 5. The molecule has 1 amide bonds. The quantitative estimate of drug-likeness (QED) is 0.617. The van der Waals surface area contributed by atoms with Gasteiger partial charge in [0.1, 0.15) is 16.5 Å². The van der Waals surface area contributed by atoms with E-state index in [9.17, 15) is 9.59 Å². The number of hydrogen-bond donors (Lipinski definition) is 1. The molecule has 8 heteroatoms. The van der Waals surface area contributed by atoms with Gasteiger partial charge in [0.15, 0.2) is 6.10 Å². The van der Waals surface area contributed by atoms with Gasteiger partial charge in [-0.3, -0.25) is 4.79 Å². The molecule has 1 aromatic heterocycles. The zero-order chi connectivity index (χ0) is 21.0. The number of ether oxygens (including phenoxy) is 2. The number of carbonyl (C=O) groups excluding carboxylic acids is 2. The number of aromatic nitrogens is 2. The van der Waals surface area contributed by atoms with Gasteiger partial charge < -0.3 is 14.8 Å². The number of amides is 1. The number of anilines is 1. The van der Waals surface area contributed by atoms with Gasteiger partial charge in [0.2, 0.25) is 0 Å². The van der Waals surface area contributed by atoms with Crippen molar-refractivity contribution in [3.8, 4) is 11.4 Å². The number of nitrogens with zero attached hydrogens (tertiary/aromatic N) is 2. The van der Waals surface area contributed by atoms with E-state index in [4.69, 9.17) is 21.1 Å². The molecule has 3 rings (SSSR count). The number of para-hydroxylation sites is 1. The van der Waals surface area contributed by atoms with Gasteiger partial charge in [0.25, 0.3) is 5.91 Å². The summed E-state index contributed by atoms with van der Waals surface area (Å²) in [7, 11) is 1.56. The molecular weight excluding hydrogens is 394 g/mol. The third-order valence-corrected chi connectivity index (χ3v) is 4.57. The van der Waals surface area contributed by atoms with Crippen LogP contribution in [0.3, 0.4) is 0 Å². The average molecular weight is 414 g/mol. The maximum atomic E-state index is 12.6. The topological polar surface area (TPSA) is 82.4 Å². The van der Waals surface area contributed by atoms with E-state index in [0.717, 1.165) is 0 Å². The van der Waals surface area contributed by atoms with Crippen molar-refractivity contribution >= 4 is 29.2 Å². The molecular formula is C21H20ClN3O4. The van der Waals surface area contributed by atoms with E-state index in [2.05, 4.69) is 10.4 Å². The third-order valence-electron chi connectivity index (χ3n) is 4.22. The molecule has 0 bridgehead atoms. The number of aryl methyl sites for hydroxylation is 1. The predicted octanol–water partition coefficient (Wildman–Crippen LogP) is 4.03. The fourth-order valence-electron chi connectivity index (χ4n) is 2.66. The molecule has 0 spiro atoms. The number of methoxy groups -OCH3 is 1. The number of benzene rings is 2. The molecule has 1 atom stereocenters. The minimum absolute atomic E-state index is 0.125. The Balaban J connectivity index is 1.70. The van der Waals surface area contributed by atoms with Crippen LogP contribution in [0.2, 0.25) is 5.15 Å². The molecule has 29 heavy (non-hydrogen) atoms. The van der Waals surface area contributed by atoms with Crippen LogP contribution >= 0.6 is 11.6 Å². The lowest BCUT2D eigenvalue weighted by Gasteiger charge is -2.14. The Labute approximate surface area is 173 Å². The highest BCUT2D eigenvalue weighted by atomic mass is 35.5. The van der Waals surface area contributed by atoms with Gasteiger partial charge >= 0.3 is 5.97 Å². The number of esters is 1. The lowest BCUT2D eigenvalue weighted by Crippen LogP contribution is -2.30. The van der Waals surface area contributed by atoms with E-state index >= 15 is 0 Å². The fourth-order valence-corrected chi connectivity index (χ4v) is 3.01. The maximum Gasteiger partial charge on any atom is 0.344 e. The summed E-state index contributed by atoms with van der Waals surface area (Å²) in [4.78, 5) is 25.0. The van der Waals surface area contributed by atoms with Crippen molar-refractivity contribution in [3.63, 3.8) is 0 Å². The SMILES string of the molecule is COc1ccc(NC(=O)[C@H](C)OC(=O)c2c(C)nn(-c3ccccc3)c2Cl)cc1. The van der Waals surface area contributed by atoms with E-state index in [1.807, 2.05) is 30.3 Å². The van der Waals surface area contributed by atoms with Crippen molar-refractivity contribution in [2.75, 3.05) is 12.4 Å². The maximum absolute atomic E-state index is 12.6. The summed E-state index contributed by atoms with van der Waals surface area (Å²) in [6.07, 6.45) is -1.03. The number of rotatable bonds is 6. The Morgan fingerprint density at radius 1 is 1.10 bits per heavy atom. The second-order valence-corrected chi connectivity index (χ2v) is 6.62. The molecule has 0 aliphatic heterocycles. The highest BCUT2D eigenvalue weighted by molar-refractivity contribution is 6.33. The lowest BCUT2D eigenvalue weighted by atomic mass is 10.2. The van der Waals surface area contributed by atoms with Crippen LogP contribution in [-0.2, 0) is 9.53 Å². The first-order valence-corrected chi connectivity index (χ1v) is 9.25. The molecule has 0 radical (unpaired) electrons. The lowest BCUT2D eigenvalue weighted by molar-refractivity contribution is -0.123. The monoisotopic (exact) mass is 413 g/mol. The van der Waals surface area contributed by atoms with Gasteiger partial charge in [-0.1, -0.05) is 29.8 Å². The zero-order valence-corrected chi connectivity index (χ0v) is 16.9. The molecule has 0 aliphatic carbocycles. The summed E-state index contributed by atoms with van der Waals surface area (Å²) in [5.41, 5.74) is 1.81. The summed E-state index contributed by atoms with van der Waals surface area (Å²) in [5, 5.41) is 7.12. The fraction of sp³-hybridized carbons (Fsp3) is 0.190. The van der Waals surface area contributed by atoms with Gasteiger partial charge in [-0.15, -0.1) is 0 Å². The molecule has 7 nitrogen and oxygen atoms in total. The summed E-state index contributed by atoms with van der Waals surface area (Å²) >= 11 is 6.37. The molecule has 0 saturated carbocycles. The summed E-state index contributed by atoms with van der Waals surface area (Å²) in [6.45, 7) is 3.14. The number of nitrogens with one attached hydrogen (secondary N) is 1. The van der Waals surface area contributed by atoms with Crippen LogP contribution in [0.25, 0.3) is 5.69 Å². The van der Waals surface area contributed by atoms with Crippen molar-refractivity contribution in [1.29, 1.82) is 0 Å². The normalized spacial score (nSPS) is 11.6. The third kappa shape index (κ3) is 4.57. The smallest absolute Gasteiger partial charge is 0.344 e. The van der Waals surface area contributed by atoms with E-state index < -0.39 is 18.0 Å². The van der Waals surface area contributed by atoms with Crippen molar-refractivity contribution in [3.05, 3.63) is 71.0 Å². The van der Waals surface area contributed by atoms with E-state index in [0.29, 0.717) is 22.8 Å². The van der Waals surface area contributed by atoms with E-state index in [1.54, 1.807) is 38.3 Å². The minimum atomic E-state index is -1.03. The molecule has 2 aromatic carbocycles. The minimum Gasteiger partial charge on any atom is -0.497 e. The Morgan fingerprint density at radius 2 is 1.76 bits per heavy atom. The number of carbonyl (C=O) groups is 2. The Bertz CT molecular complexity index is 1020. The van der Waals surface area contributed by atoms with Crippen LogP contribution in [-0.4, -0.2) is 34.9 Å². The van der Waals surface area contributed by atoms with Gasteiger partial charge in [-0.25, -0.2) is 9.48 Å². The van der Waals surface area contributed by atoms with Crippen LogP contribution in [0.1, 0.15) is 23.0 Å². The standard InChI is InChI=1S/C21H20ClN3O4/c1-13-18(19(22)25(24-13)16-7-5-4-6-8-16)21(27)29-14(2)20(26)23-15-9-11-17(28-3)12-10-15/h4-12,14H,1-3H3,(H,23,26)/t14-/m0/s1. The molecule has 0 aliphatic rings. The second-order valence-electron chi connectivity index (χ2n) is 6.26. The molecule has 1 N–H and O–H groups in total. The van der Waals surface area contributed by atoms with Crippen LogP contribution in [0, 0.1) is 6.92 Å².